The van der Waals surface area contributed by atoms with E-state index >= 15 is 0 Å². The highest BCUT2D eigenvalue weighted by molar-refractivity contribution is 8.00. The van der Waals surface area contributed by atoms with Crippen LogP contribution in [0.3, 0.4) is 0 Å². The van der Waals surface area contributed by atoms with Crippen LogP contribution in [-0.2, 0) is 9.59 Å². The first-order valence-electron chi connectivity index (χ1n) is 6.78. The van der Waals surface area contributed by atoms with Gasteiger partial charge in [0.05, 0.1) is 12.9 Å². The average Bonchev–Trinajstić information content (AvgIpc) is 2.50. The van der Waals surface area contributed by atoms with Gasteiger partial charge in [0.1, 0.15) is 11.3 Å². The van der Waals surface area contributed by atoms with Crippen molar-refractivity contribution >= 4 is 23.6 Å². The Kier molecular flexibility index (Phi) is 6.55. The van der Waals surface area contributed by atoms with Gasteiger partial charge in [0, 0.05) is 4.90 Å². The second-order valence-corrected chi connectivity index (χ2v) is 5.66. The van der Waals surface area contributed by atoms with Crippen molar-refractivity contribution in [2.45, 2.75) is 37.1 Å². The lowest BCUT2D eigenvalue weighted by Gasteiger charge is -2.27. The van der Waals surface area contributed by atoms with Gasteiger partial charge in [-0.3, -0.25) is 4.79 Å². The van der Waals surface area contributed by atoms with Crippen LogP contribution in [0, 0.1) is 0 Å². The largest absolute Gasteiger partial charge is 0.497 e. The van der Waals surface area contributed by atoms with Crippen LogP contribution in [-0.4, -0.2) is 35.4 Å². The van der Waals surface area contributed by atoms with Crippen LogP contribution in [0.2, 0.25) is 0 Å². The van der Waals surface area contributed by atoms with Crippen LogP contribution in [0.4, 0.5) is 0 Å². The predicted octanol–water partition coefficient (Wildman–Crippen LogP) is 2.55. The first-order chi connectivity index (χ1) is 9.97. The van der Waals surface area contributed by atoms with Gasteiger partial charge < -0.3 is 15.2 Å². The fourth-order valence-electron chi connectivity index (χ4n) is 1.91. The maximum absolute atomic E-state index is 12.0. The molecule has 0 saturated heterocycles. The number of rotatable bonds is 8. The van der Waals surface area contributed by atoms with Crippen LogP contribution < -0.4 is 10.1 Å². The molecule has 116 valence electrons. The molecule has 0 aliphatic carbocycles. The molecule has 0 heterocycles. The second kappa shape index (κ2) is 7.93. The number of benzene rings is 1. The number of thioether (sulfide) groups is 1. The molecule has 0 aliphatic heterocycles. The molecule has 0 atom stereocenters. The number of carboxylic acids is 1. The number of hydrogen-bond acceptors (Lipinski definition) is 4. The SMILES string of the molecule is CCC(CC)(NC(=O)CSc1ccc(OC)cc1)C(=O)O. The van der Waals surface area contributed by atoms with E-state index in [4.69, 9.17) is 4.74 Å². The third-order valence-electron chi connectivity index (χ3n) is 3.42. The van der Waals surface area contributed by atoms with Gasteiger partial charge in [-0.05, 0) is 37.1 Å². The van der Waals surface area contributed by atoms with E-state index in [9.17, 15) is 14.7 Å². The lowest BCUT2D eigenvalue weighted by molar-refractivity contribution is -0.147. The van der Waals surface area contributed by atoms with Crippen molar-refractivity contribution in [1.29, 1.82) is 0 Å². The molecular formula is C15H21NO4S. The van der Waals surface area contributed by atoms with Gasteiger partial charge in [0.2, 0.25) is 5.91 Å². The van der Waals surface area contributed by atoms with Crippen LogP contribution >= 0.6 is 11.8 Å². The van der Waals surface area contributed by atoms with Gasteiger partial charge in [-0.1, -0.05) is 13.8 Å². The van der Waals surface area contributed by atoms with Crippen LogP contribution in [0.1, 0.15) is 26.7 Å². The Balaban J connectivity index is 2.58. The van der Waals surface area contributed by atoms with E-state index in [0.29, 0.717) is 12.8 Å². The second-order valence-electron chi connectivity index (χ2n) is 4.61. The van der Waals surface area contributed by atoms with Crippen molar-refractivity contribution in [3.63, 3.8) is 0 Å². The summed E-state index contributed by atoms with van der Waals surface area (Å²) in [6.07, 6.45) is 0.718. The van der Waals surface area contributed by atoms with Crippen LogP contribution in [0.15, 0.2) is 29.2 Å². The summed E-state index contributed by atoms with van der Waals surface area (Å²) < 4.78 is 5.06. The number of carbonyl (C=O) groups excluding carboxylic acids is 1. The van der Waals surface area contributed by atoms with Crippen molar-refractivity contribution in [1.82, 2.24) is 5.32 Å². The molecular weight excluding hydrogens is 290 g/mol. The Morgan fingerprint density at radius 2 is 1.81 bits per heavy atom. The van der Waals surface area contributed by atoms with Gasteiger partial charge >= 0.3 is 5.97 Å². The lowest BCUT2D eigenvalue weighted by Crippen LogP contribution is -2.54. The van der Waals surface area contributed by atoms with Crippen molar-refractivity contribution in [3.05, 3.63) is 24.3 Å². The normalized spacial score (nSPS) is 11.0. The van der Waals surface area contributed by atoms with Crippen molar-refractivity contribution in [2.24, 2.45) is 0 Å². The van der Waals surface area contributed by atoms with Crippen molar-refractivity contribution < 1.29 is 19.4 Å². The fourth-order valence-corrected chi connectivity index (χ4v) is 2.60. The number of aliphatic carboxylic acids is 1. The molecule has 0 aromatic heterocycles. The number of carboxylic acid groups (broad SMARTS) is 1. The zero-order valence-corrected chi connectivity index (χ0v) is 13.3. The first kappa shape index (κ1) is 17.4. The molecule has 2 N–H and O–H groups in total. The van der Waals surface area contributed by atoms with E-state index in [1.807, 2.05) is 24.3 Å². The summed E-state index contributed by atoms with van der Waals surface area (Å²) in [5.74, 6) is -0.329. The van der Waals surface area contributed by atoms with Crippen LogP contribution in [0.25, 0.3) is 0 Å². The van der Waals surface area contributed by atoms with Gasteiger partial charge in [0.25, 0.3) is 0 Å². The summed E-state index contributed by atoms with van der Waals surface area (Å²) in [5, 5.41) is 11.9. The smallest absolute Gasteiger partial charge is 0.329 e. The quantitative estimate of drug-likeness (QED) is 0.722. The van der Waals surface area contributed by atoms with E-state index < -0.39 is 11.5 Å². The molecule has 1 rings (SSSR count). The van der Waals surface area contributed by atoms with Gasteiger partial charge in [-0.15, -0.1) is 11.8 Å². The summed E-state index contributed by atoms with van der Waals surface area (Å²) in [7, 11) is 1.59. The molecule has 21 heavy (non-hydrogen) atoms. The Morgan fingerprint density at radius 3 is 2.24 bits per heavy atom. The van der Waals surface area contributed by atoms with E-state index in [1.165, 1.54) is 11.8 Å². The first-order valence-corrected chi connectivity index (χ1v) is 7.77. The summed E-state index contributed by atoms with van der Waals surface area (Å²) >= 11 is 1.36. The Labute approximate surface area is 129 Å². The van der Waals surface area contributed by atoms with Gasteiger partial charge in [0.15, 0.2) is 0 Å². The summed E-state index contributed by atoms with van der Waals surface area (Å²) in [6, 6.07) is 7.36. The van der Waals surface area contributed by atoms with Crippen LogP contribution in [0.5, 0.6) is 5.75 Å². The maximum Gasteiger partial charge on any atom is 0.329 e. The number of hydrogen-bond donors (Lipinski definition) is 2. The highest BCUT2D eigenvalue weighted by Crippen LogP contribution is 2.22. The zero-order valence-electron chi connectivity index (χ0n) is 12.5. The highest BCUT2D eigenvalue weighted by atomic mass is 32.2. The minimum absolute atomic E-state index is 0.182. The molecule has 0 fully saturated rings. The van der Waals surface area contributed by atoms with Gasteiger partial charge in [-0.2, -0.15) is 0 Å². The minimum atomic E-state index is -1.17. The zero-order chi connectivity index (χ0) is 15.9. The third-order valence-corrected chi connectivity index (χ3v) is 4.44. The third kappa shape index (κ3) is 4.67. The minimum Gasteiger partial charge on any atom is -0.497 e. The van der Waals surface area contributed by atoms with E-state index in [0.717, 1.165) is 10.6 Å². The number of carbonyl (C=O) groups is 2. The molecule has 0 spiro atoms. The predicted molar refractivity (Wildman–Crippen MR) is 82.8 cm³/mol. The lowest BCUT2D eigenvalue weighted by atomic mass is 9.93. The topological polar surface area (TPSA) is 75.6 Å². The molecule has 6 heteroatoms. The van der Waals surface area contributed by atoms with E-state index in [1.54, 1.807) is 21.0 Å². The standard InChI is InChI=1S/C15H21NO4S/c1-4-15(5-2,14(18)19)16-13(17)10-21-12-8-6-11(20-3)7-9-12/h6-9H,4-5,10H2,1-3H3,(H,16,17)(H,18,19). The van der Waals surface area contributed by atoms with E-state index in [2.05, 4.69) is 5.32 Å². The van der Waals surface area contributed by atoms with Crippen molar-refractivity contribution in [2.75, 3.05) is 12.9 Å². The molecule has 1 aromatic rings. The molecule has 1 amide bonds. The van der Waals surface area contributed by atoms with E-state index in [-0.39, 0.29) is 11.7 Å². The molecule has 5 nitrogen and oxygen atoms in total. The molecule has 0 unspecified atom stereocenters. The molecule has 0 radical (unpaired) electrons. The van der Waals surface area contributed by atoms with Gasteiger partial charge in [-0.25, -0.2) is 4.79 Å². The maximum atomic E-state index is 12.0. The number of ether oxygens (including phenoxy) is 1. The average molecular weight is 311 g/mol. The number of nitrogens with one attached hydrogen (secondary N) is 1. The fraction of sp³-hybridized carbons (Fsp3) is 0.467. The Morgan fingerprint density at radius 1 is 1.24 bits per heavy atom. The monoisotopic (exact) mass is 311 g/mol. The number of amides is 1. The summed E-state index contributed by atoms with van der Waals surface area (Å²) in [5.41, 5.74) is -1.17. The number of methoxy groups -OCH3 is 1. The molecule has 0 saturated carbocycles. The van der Waals surface area contributed by atoms with Crippen molar-refractivity contribution in [3.8, 4) is 5.75 Å². The summed E-state index contributed by atoms with van der Waals surface area (Å²) in [6.45, 7) is 3.52. The molecule has 0 aliphatic rings. The highest BCUT2D eigenvalue weighted by Gasteiger charge is 2.36. The Hall–Kier alpha value is -1.69. The Bertz CT molecular complexity index is 483. The summed E-state index contributed by atoms with van der Waals surface area (Å²) in [4.78, 5) is 24.2. The molecule has 0 bridgehead atoms. The molecule has 1 aromatic carbocycles.